The summed E-state index contributed by atoms with van der Waals surface area (Å²) in [5.74, 6) is -1.34. The lowest BCUT2D eigenvalue weighted by Gasteiger charge is -2.43. The van der Waals surface area contributed by atoms with Crippen molar-refractivity contribution in [3.05, 3.63) is 85.1 Å². The van der Waals surface area contributed by atoms with Gasteiger partial charge in [-0.1, -0.05) is 137 Å². The number of allylic oxidation sites excluding steroid dienone is 12. The molecular formula is C49H82O17P2. The third kappa shape index (κ3) is 32.9. The second kappa shape index (κ2) is 38.8. The van der Waals surface area contributed by atoms with Crippen LogP contribution in [0.3, 0.4) is 0 Å². The zero-order valence-electron chi connectivity index (χ0n) is 40.1. The molecule has 1 aliphatic carbocycles. The van der Waals surface area contributed by atoms with Crippen LogP contribution in [0.4, 0.5) is 0 Å². The predicted octanol–water partition coefficient (Wildman–Crippen LogP) is 8.36. The molecule has 1 rings (SSSR count). The molecule has 19 heteroatoms. The first kappa shape index (κ1) is 63.2. The lowest BCUT2D eigenvalue weighted by atomic mass is 9.85. The van der Waals surface area contributed by atoms with Gasteiger partial charge in [0.15, 0.2) is 6.10 Å². The third-order valence-corrected chi connectivity index (χ3v) is 12.0. The van der Waals surface area contributed by atoms with Crippen LogP contribution in [0.2, 0.25) is 0 Å². The van der Waals surface area contributed by atoms with Gasteiger partial charge in [-0.25, -0.2) is 9.13 Å². The van der Waals surface area contributed by atoms with Gasteiger partial charge in [0.25, 0.3) is 0 Å². The minimum atomic E-state index is -5.38. The maximum atomic E-state index is 13.0. The first-order valence-electron chi connectivity index (χ1n) is 24.2. The summed E-state index contributed by atoms with van der Waals surface area (Å²) in [7, 11) is -10.7. The van der Waals surface area contributed by atoms with E-state index in [9.17, 15) is 58.9 Å². The largest absolute Gasteiger partial charge is 0.472 e. The van der Waals surface area contributed by atoms with E-state index < -0.39 is 89.6 Å². The molecule has 1 saturated carbocycles. The average molecular weight is 1010 g/mol. The Morgan fingerprint density at radius 3 is 1.63 bits per heavy atom. The smallest absolute Gasteiger partial charge is 0.462 e. The fraction of sp³-hybridized carbons (Fsp3) is 0.673. The number of carbonyl (C=O) groups excluding carboxylic acids is 2. The number of aliphatic hydroxyl groups is 5. The van der Waals surface area contributed by atoms with E-state index in [1.165, 1.54) is 32.1 Å². The Morgan fingerprint density at radius 1 is 0.544 bits per heavy atom. The van der Waals surface area contributed by atoms with Crippen LogP contribution < -0.4 is 0 Å². The highest BCUT2D eigenvalue weighted by molar-refractivity contribution is 7.47. The van der Waals surface area contributed by atoms with Gasteiger partial charge >= 0.3 is 27.6 Å². The molecular weight excluding hydrogens is 922 g/mol. The molecule has 0 amide bonds. The maximum absolute atomic E-state index is 13.0. The van der Waals surface area contributed by atoms with E-state index in [4.69, 9.17) is 18.5 Å². The summed E-state index contributed by atoms with van der Waals surface area (Å²) in [6.45, 7) is 2.91. The van der Waals surface area contributed by atoms with Gasteiger partial charge < -0.3 is 49.7 Å². The standard InChI is InChI=1S/C49H82O17P2/c1-3-5-7-9-11-12-13-14-15-16-17-18-19-20-24-28-32-36-42(51)62-38-41(39-63-68(60,61)66-49-46(55)44(53)45(54)48(47(49)56)65-67(57,58)59)64-43(52)37-33-29-25-22-21-23-27-31-35-40(50)34-30-26-10-8-6-4-2/h11-12,14-15,17-18,22-23,25-27,30-31,35,40-41,44-50,53-56H,3-10,13,16,19-21,24,28-29,32-34,36-39H2,1-2H3,(H,60,61)(H2,57,58,59)/b12-11-,15-14-,18-17-,25-22-,27-23-,30-26-,35-31+/t40-,41+,44?,45?,46?,47?,48+,49-/m0/s1. The molecule has 0 heterocycles. The van der Waals surface area contributed by atoms with Crippen molar-refractivity contribution in [2.45, 2.75) is 198 Å². The number of ether oxygens (including phenoxy) is 2. The third-order valence-electron chi connectivity index (χ3n) is 10.5. The second-order valence-electron chi connectivity index (χ2n) is 16.7. The summed E-state index contributed by atoms with van der Waals surface area (Å²) < 4.78 is 49.3. The van der Waals surface area contributed by atoms with Crippen molar-refractivity contribution in [1.29, 1.82) is 0 Å². The van der Waals surface area contributed by atoms with Gasteiger partial charge in [0, 0.05) is 12.8 Å². The highest BCUT2D eigenvalue weighted by Gasteiger charge is 2.54. The molecule has 1 aliphatic rings. The summed E-state index contributed by atoms with van der Waals surface area (Å²) in [6, 6.07) is 0. The van der Waals surface area contributed by atoms with Crippen LogP contribution in [-0.4, -0.2) is 114 Å². The number of hydrogen-bond acceptors (Lipinski definition) is 14. The maximum Gasteiger partial charge on any atom is 0.472 e. The van der Waals surface area contributed by atoms with Gasteiger partial charge in [-0.05, 0) is 83.5 Å². The van der Waals surface area contributed by atoms with Gasteiger partial charge in [-0.15, -0.1) is 0 Å². The topological polar surface area (TPSA) is 276 Å². The van der Waals surface area contributed by atoms with Crippen molar-refractivity contribution < 1.29 is 82.0 Å². The zero-order valence-corrected chi connectivity index (χ0v) is 41.9. The van der Waals surface area contributed by atoms with Crippen LogP contribution >= 0.6 is 15.6 Å². The number of phosphoric ester groups is 2. The van der Waals surface area contributed by atoms with Gasteiger partial charge in [0.2, 0.25) is 0 Å². The Balaban J connectivity index is 2.68. The van der Waals surface area contributed by atoms with Crippen LogP contribution in [0.5, 0.6) is 0 Å². The van der Waals surface area contributed by atoms with E-state index in [2.05, 4.69) is 60.9 Å². The van der Waals surface area contributed by atoms with E-state index in [1.54, 1.807) is 12.2 Å². The highest BCUT2D eigenvalue weighted by Crippen LogP contribution is 2.49. The van der Waals surface area contributed by atoms with Crippen molar-refractivity contribution in [2.24, 2.45) is 0 Å². The van der Waals surface area contributed by atoms with Crippen molar-refractivity contribution in [3.63, 3.8) is 0 Å². The molecule has 0 saturated heterocycles. The van der Waals surface area contributed by atoms with E-state index in [1.807, 2.05) is 30.4 Å². The number of phosphoric acid groups is 2. The lowest BCUT2D eigenvalue weighted by Crippen LogP contribution is -2.64. The Bertz CT molecular complexity index is 1650. The van der Waals surface area contributed by atoms with Gasteiger partial charge in [-0.3, -0.25) is 23.2 Å². The summed E-state index contributed by atoms with van der Waals surface area (Å²) in [6.07, 6.45) is 29.9. The molecule has 68 heavy (non-hydrogen) atoms. The molecule has 0 aliphatic heterocycles. The lowest BCUT2D eigenvalue weighted by molar-refractivity contribution is -0.216. The molecule has 390 valence electrons. The molecule has 0 spiro atoms. The summed E-state index contributed by atoms with van der Waals surface area (Å²) in [5, 5.41) is 51.3. The number of rotatable bonds is 39. The van der Waals surface area contributed by atoms with Gasteiger partial charge in [0.1, 0.15) is 43.2 Å². The fourth-order valence-electron chi connectivity index (χ4n) is 6.70. The zero-order chi connectivity index (χ0) is 50.5. The Kier molecular flexibility index (Phi) is 36.1. The van der Waals surface area contributed by atoms with Crippen molar-refractivity contribution in [1.82, 2.24) is 0 Å². The van der Waals surface area contributed by atoms with E-state index in [-0.39, 0.29) is 12.8 Å². The first-order chi connectivity index (χ1) is 32.5. The van der Waals surface area contributed by atoms with E-state index in [0.29, 0.717) is 32.1 Å². The highest BCUT2D eigenvalue weighted by atomic mass is 31.2. The molecule has 5 unspecified atom stereocenters. The monoisotopic (exact) mass is 1000 g/mol. The fourth-order valence-corrected chi connectivity index (χ4v) is 8.24. The molecule has 0 bridgehead atoms. The van der Waals surface area contributed by atoms with E-state index >= 15 is 0 Å². The number of unbranched alkanes of at least 4 members (excludes halogenated alkanes) is 11. The summed E-state index contributed by atoms with van der Waals surface area (Å²) >= 11 is 0. The van der Waals surface area contributed by atoms with Crippen LogP contribution in [0.15, 0.2) is 85.1 Å². The number of esters is 2. The summed E-state index contributed by atoms with van der Waals surface area (Å²) in [5.41, 5.74) is 0. The first-order valence-corrected chi connectivity index (χ1v) is 27.3. The number of aliphatic hydroxyl groups excluding tert-OH is 5. The van der Waals surface area contributed by atoms with Crippen LogP contribution in [0.25, 0.3) is 0 Å². The second-order valence-corrected chi connectivity index (χ2v) is 19.3. The number of hydrogen-bond donors (Lipinski definition) is 8. The Labute approximate surface area is 404 Å². The van der Waals surface area contributed by atoms with Crippen LogP contribution in [-0.2, 0) is 41.8 Å². The Hall–Kier alpha value is -2.86. The van der Waals surface area contributed by atoms with Crippen molar-refractivity contribution in [2.75, 3.05) is 13.2 Å². The van der Waals surface area contributed by atoms with Gasteiger partial charge in [0.05, 0.1) is 12.7 Å². The summed E-state index contributed by atoms with van der Waals surface area (Å²) in [4.78, 5) is 54.3. The molecule has 0 aromatic carbocycles. The normalized spacial score (nSPS) is 22.4. The minimum Gasteiger partial charge on any atom is -0.462 e. The van der Waals surface area contributed by atoms with Crippen LogP contribution in [0, 0.1) is 0 Å². The van der Waals surface area contributed by atoms with Crippen LogP contribution in [0.1, 0.15) is 149 Å². The van der Waals surface area contributed by atoms with Crippen molar-refractivity contribution in [3.8, 4) is 0 Å². The predicted molar refractivity (Wildman–Crippen MR) is 261 cm³/mol. The number of carbonyl (C=O) groups is 2. The minimum absolute atomic E-state index is 0.0664. The average Bonchev–Trinajstić information content (AvgIpc) is 3.29. The molecule has 17 nitrogen and oxygen atoms in total. The molecule has 0 aromatic heterocycles. The molecule has 1 fully saturated rings. The molecule has 9 atom stereocenters. The van der Waals surface area contributed by atoms with Gasteiger partial charge in [-0.2, -0.15) is 0 Å². The van der Waals surface area contributed by atoms with E-state index in [0.717, 1.165) is 57.8 Å². The quantitative estimate of drug-likeness (QED) is 0.00944. The SMILES string of the molecule is CCCCC/C=C\C/C=C\C/C=C\CCCCCCC(=O)OC[C@H](COP(=O)(O)O[C@H]1C(O)C(O)C(O)[C@@H](OP(=O)(O)O)C1O)OC(=O)CCC/C=C\C/C=C\C=C\[C@@H](O)C/C=C\CCCCC. The molecule has 8 N–H and O–H groups in total. The Morgan fingerprint density at radius 2 is 1.04 bits per heavy atom. The molecule has 0 aromatic rings. The van der Waals surface area contributed by atoms with Crippen molar-refractivity contribution >= 4 is 27.6 Å². The molecule has 0 radical (unpaired) electrons.